The number of nitrogens with zero attached hydrogens (tertiary/aromatic N) is 3. The second kappa shape index (κ2) is 2.77. The standard InChI is InChI=1S/C9H9N3/c1-8-6-10-3-2-9(8)12-5-4-11-7-12/h2-7H,1H3. The SMILES string of the molecule is Cc1cnccc1-n1ccnc1. The fourth-order valence-corrected chi connectivity index (χ4v) is 1.16. The molecule has 2 aromatic heterocycles. The van der Waals surface area contributed by atoms with Crippen molar-refractivity contribution in [3.05, 3.63) is 42.7 Å². The summed E-state index contributed by atoms with van der Waals surface area (Å²) in [6.07, 6.45) is 9.09. The van der Waals surface area contributed by atoms with Crippen LogP contribution in [0.1, 0.15) is 5.56 Å². The van der Waals surface area contributed by atoms with E-state index in [9.17, 15) is 0 Å². The largest absolute Gasteiger partial charge is 0.306 e. The summed E-state index contributed by atoms with van der Waals surface area (Å²) in [5.74, 6) is 0. The Morgan fingerprint density at radius 1 is 1.25 bits per heavy atom. The van der Waals surface area contributed by atoms with Gasteiger partial charge in [0.15, 0.2) is 0 Å². The van der Waals surface area contributed by atoms with Crippen molar-refractivity contribution in [3.63, 3.8) is 0 Å². The molecule has 0 amide bonds. The minimum Gasteiger partial charge on any atom is -0.306 e. The predicted molar refractivity (Wildman–Crippen MR) is 46.1 cm³/mol. The van der Waals surface area contributed by atoms with Gasteiger partial charge in [0.1, 0.15) is 0 Å². The fraction of sp³-hybridized carbons (Fsp3) is 0.111. The molecular weight excluding hydrogens is 150 g/mol. The van der Waals surface area contributed by atoms with E-state index in [1.165, 1.54) is 0 Å². The Morgan fingerprint density at radius 2 is 2.17 bits per heavy atom. The molecule has 0 aliphatic carbocycles. The summed E-state index contributed by atoms with van der Waals surface area (Å²) >= 11 is 0. The maximum absolute atomic E-state index is 4.02. The molecular formula is C9H9N3. The average molecular weight is 159 g/mol. The van der Waals surface area contributed by atoms with Crippen LogP contribution in [0.5, 0.6) is 0 Å². The van der Waals surface area contributed by atoms with Crippen LogP contribution in [0.15, 0.2) is 37.2 Å². The molecule has 0 aliphatic rings. The predicted octanol–water partition coefficient (Wildman–Crippen LogP) is 1.58. The number of hydrogen-bond donors (Lipinski definition) is 0. The van der Waals surface area contributed by atoms with Gasteiger partial charge in [0.2, 0.25) is 0 Å². The molecule has 60 valence electrons. The molecule has 0 radical (unpaired) electrons. The van der Waals surface area contributed by atoms with Gasteiger partial charge in [-0.2, -0.15) is 0 Å². The Labute approximate surface area is 70.7 Å². The first kappa shape index (κ1) is 7.03. The first-order valence-corrected chi connectivity index (χ1v) is 3.77. The highest BCUT2D eigenvalue weighted by atomic mass is 15.0. The van der Waals surface area contributed by atoms with Crippen LogP contribution in [-0.2, 0) is 0 Å². The van der Waals surface area contributed by atoms with E-state index in [4.69, 9.17) is 0 Å². The third-order valence-electron chi connectivity index (χ3n) is 1.77. The highest BCUT2D eigenvalue weighted by Crippen LogP contribution is 2.10. The number of aryl methyl sites for hydroxylation is 1. The van der Waals surface area contributed by atoms with E-state index in [1.807, 2.05) is 30.0 Å². The zero-order valence-electron chi connectivity index (χ0n) is 6.81. The number of imidazole rings is 1. The van der Waals surface area contributed by atoms with Gasteiger partial charge in [-0.15, -0.1) is 0 Å². The average Bonchev–Trinajstić information content (AvgIpc) is 2.57. The zero-order chi connectivity index (χ0) is 8.39. The lowest BCUT2D eigenvalue weighted by molar-refractivity contribution is 1.03. The Hall–Kier alpha value is -1.64. The van der Waals surface area contributed by atoms with E-state index in [-0.39, 0.29) is 0 Å². The molecule has 0 atom stereocenters. The van der Waals surface area contributed by atoms with E-state index in [1.54, 1.807) is 18.7 Å². The molecule has 12 heavy (non-hydrogen) atoms. The fourth-order valence-electron chi connectivity index (χ4n) is 1.16. The van der Waals surface area contributed by atoms with E-state index in [0.29, 0.717) is 0 Å². The molecule has 0 aromatic carbocycles. The molecule has 3 heteroatoms. The Kier molecular flexibility index (Phi) is 1.63. The highest BCUT2D eigenvalue weighted by Gasteiger charge is 1.97. The maximum Gasteiger partial charge on any atom is 0.0991 e. The van der Waals surface area contributed by atoms with Crippen molar-refractivity contribution in [2.24, 2.45) is 0 Å². The molecule has 0 saturated heterocycles. The third kappa shape index (κ3) is 1.09. The van der Waals surface area contributed by atoms with Crippen LogP contribution in [0.3, 0.4) is 0 Å². The molecule has 0 fully saturated rings. The molecule has 2 aromatic rings. The van der Waals surface area contributed by atoms with Gasteiger partial charge in [0.05, 0.1) is 12.0 Å². The molecule has 2 heterocycles. The molecule has 0 spiro atoms. The summed E-state index contributed by atoms with van der Waals surface area (Å²) in [5, 5.41) is 0. The van der Waals surface area contributed by atoms with Gasteiger partial charge in [-0.25, -0.2) is 4.98 Å². The number of pyridine rings is 1. The summed E-state index contributed by atoms with van der Waals surface area (Å²) in [5.41, 5.74) is 2.28. The van der Waals surface area contributed by atoms with Crippen molar-refractivity contribution in [3.8, 4) is 5.69 Å². The lowest BCUT2D eigenvalue weighted by Crippen LogP contribution is -1.93. The lowest BCUT2D eigenvalue weighted by Gasteiger charge is -2.03. The first-order valence-electron chi connectivity index (χ1n) is 3.77. The molecule has 0 aliphatic heterocycles. The molecule has 0 bridgehead atoms. The zero-order valence-corrected chi connectivity index (χ0v) is 6.81. The van der Waals surface area contributed by atoms with Crippen LogP contribution < -0.4 is 0 Å². The van der Waals surface area contributed by atoms with E-state index >= 15 is 0 Å². The van der Waals surface area contributed by atoms with Crippen molar-refractivity contribution >= 4 is 0 Å². The van der Waals surface area contributed by atoms with Crippen LogP contribution in [-0.4, -0.2) is 14.5 Å². The molecule has 0 N–H and O–H groups in total. The van der Waals surface area contributed by atoms with Crippen molar-refractivity contribution in [1.29, 1.82) is 0 Å². The number of aromatic nitrogens is 3. The van der Waals surface area contributed by atoms with Gasteiger partial charge in [-0.3, -0.25) is 4.98 Å². The van der Waals surface area contributed by atoms with Gasteiger partial charge < -0.3 is 4.57 Å². The van der Waals surface area contributed by atoms with Crippen molar-refractivity contribution in [1.82, 2.24) is 14.5 Å². The Bertz CT molecular complexity index is 365. The number of hydrogen-bond acceptors (Lipinski definition) is 2. The van der Waals surface area contributed by atoms with E-state index in [2.05, 4.69) is 9.97 Å². The molecule has 3 nitrogen and oxygen atoms in total. The van der Waals surface area contributed by atoms with Crippen molar-refractivity contribution in [2.75, 3.05) is 0 Å². The van der Waals surface area contributed by atoms with Gasteiger partial charge >= 0.3 is 0 Å². The summed E-state index contributed by atoms with van der Waals surface area (Å²) < 4.78 is 1.97. The molecule has 0 saturated carbocycles. The molecule has 2 rings (SSSR count). The lowest BCUT2D eigenvalue weighted by atomic mass is 10.2. The minimum absolute atomic E-state index is 1.13. The van der Waals surface area contributed by atoms with Crippen LogP contribution in [0.2, 0.25) is 0 Å². The number of rotatable bonds is 1. The quantitative estimate of drug-likeness (QED) is 0.632. The van der Waals surface area contributed by atoms with Crippen molar-refractivity contribution < 1.29 is 0 Å². The van der Waals surface area contributed by atoms with Gasteiger partial charge in [0, 0.05) is 24.8 Å². The maximum atomic E-state index is 4.02. The van der Waals surface area contributed by atoms with Crippen LogP contribution in [0.4, 0.5) is 0 Å². The normalized spacial score (nSPS) is 10.1. The van der Waals surface area contributed by atoms with E-state index < -0.39 is 0 Å². The van der Waals surface area contributed by atoms with Crippen LogP contribution in [0.25, 0.3) is 5.69 Å². The topological polar surface area (TPSA) is 30.7 Å². The van der Waals surface area contributed by atoms with Crippen LogP contribution in [0, 0.1) is 6.92 Å². The summed E-state index contributed by atoms with van der Waals surface area (Å²) in [4.78, 5) is 8.00. The summed E-state index contributed by atoms with van der Waals surface area (Å²) in [7, 11) is 0. The Balaban J connectivity index is 2.55. The summed E-state index contributed by atoms with van der Waals surface area (Å²) in [6, 6.07) is 1.97. The second-order valence-electron chi connectivity index (χ2n) is 2.63. The van der Waals surface area contributed by atoms with Crippen LogP contribution >= 0.6 is 0 Å². The van der Waals surface area contributed by atoms with Gasteiger partial charge in [0.25, 0.3) is 0 Å². The highest BCUT2D eigenvalue weighted by molar-refractivity contribution is 5.37. The first-order chi connectivity index (χ1) is 5.88. The van der Waals surface area contributed by atoms with Crippen molar-refractivity contribution in [2.45, 2.75) is 6.92 Å². The Morgan fingerprint density at radius 3 is 2.83 bits per heavy atom. The monoisotopic (exact) mass is 159 g/mol. The summed E-state index contributed by atoms with van der Waals surface area (Å²) in [6.45, 7) is 2.03. The smallest absolute Gasteiger partial charge is 0.0991 e. The third-order valence-corrected chi connectivity index (χ3v) is 1.77. The molecule has 0 unspecified atom stereocenters. The minimum atomic E-state index is 1.13. The second-order valence-corrected chi connectivity index (χ2v) is 2.63. The van der Waals surface area contributed by atoms with Gasteiger partial charge in [-0.1, -0.05) is 0 Å². The van der Waals surface area contributed by atoms with Gasteiger partial charge in [-0.05, 0) is 18.6 Å². The van der Waals surface area contributed by atoms with E-state index in [0.717, 1.165) is 11.3 Å².